The van der Waals surface area contributed by atoms with Crippen molar-refractivity contribution < 1.29 is 65.1 Å². The van der Waals surface area contributed by atoms with Gasteiger partial charge in [-0.2, -0.15) is 0 Å². The predicted molar refractivity (Wildman–Crippen MR) is 88.4 cm³/mol. The lowest BCUT2D eigenvalue weighted by molar-refractivity contribution is -0.247. The van der Waals surface area contributed by atoms with Crippen LogP contribution >= 0.6 is 0 Å². The zero-order chi connectivity index (χ0) is 23.0. The SMILES string of the molecule is O=C(O)C1(O)C[C@@H](O)C(O)[C@H](O)C1C(=O)C1(O)C[C@@H](O)C(O)[C@H](O)C12C(=O)CC2=O. The van der Waals surface area contributed by atoms with E-state index < -0.39 is 102 Å². The van der Waals surface area contributed by atoms with Gasteiger partial charge in [-0.15, -0.1) is 0 Å². The van der Waals surface area contributed by atoms with Gasteiger partial charge in [-0.3, -0.25) is 14.4 Å². The fourth-order valence-electron chi connectivity index (χ4n) is 4.98. The van der Waals surface area contributed by atoms with Gasteiger partial charge >= 0.3 is 5.97 Å². The molecule has 0 heterocycles. The third kappa shape index (κ3) is 2.51. The van der Waals surface area contributed by atoms with Crippen molar-refractivity contribution in [1.29, 1.82) is 0 Å². The van der Waals surface area contributed by atoms with E-state index in [4.69, 9.17) is 0 Å². The number of carboxylic acids is 1. The third-order valence-corrected chi connectivity index (χ3v) is 6.70. The Morgan fingerprint density at radius 3 is 1.77 bits per heavy atom. The minimum absolute atomic E-state index is 0.826. The summed E-state index contributed by atoms with van der Waals surface area (Å²) < 4.78 is 0. The van der Waals surface area contributed by atoms with Crippen LogP contribution < -0.4 is 0 Å². The van der Waals surface area contributed by atoms with Crippen LogP contribution in [-0.4, -0.2) is 117 Å². The van der Waals surface area contributed by atoms with Crippen LogP contribution in [0.15, 0.2) is 0 Å². The molecule has 0 aromatic heterocycles. The van der Waals surface area contributed by atoms with Crippen molar-refractivity contribution in [1.82, 2.24) is 0 Å². The summed E-state index contributed by atoms with van der Waals surface area (Å²) in [7, 11) is 0. The second-order valence-electron chi connectivity index (χ2n) is 8.22. The van der Waals surface area contributed by atoms with Crippen molar-refractivity contribution in [3.05, 3.63) is 0 Å². The van der Waals surface area contributed by atoms with E-state index in [1.807, 2.05) is 0 Å². The highest BCUT2D eigenvalue weighted by Gasteiger charge is 2.78. The fraction of sp³-hybridized carbons (Fsp3) is 0.765. The second kappa shape index (κ2) is 6.83. The molecule has 13 nitrogen and oxygen atoms in total. The smallest absolute Gasteiger partial charge is 0.336 e. The first-order valence-electron chi connectivity index (χ1n) is 9.05. The Balaban J connectivity index is 2.18. The van der Waals surface area contributed by atoms with Crippen LogP contribution in [0.2, 0.25) is 0 Å². The molecule has 9 N–H and O–H groups in total. The summed E-state index contributed by atoms with van der Waals surface area (Å²) in [5, 5.41) is 91.3. The number of hydrogen-bond acceptors (Lipinski definition) is 12. The molecule has 3 saturated carbocycles. The maximum atomic E-state index is 13.3. The molecule has 1 spiro atoms. The first kappa shape index (κ1) is 22.8. The van der Waals surface area contributed by atoms with Crippen molar-refractivity contribution in [2.24, 2.45) is 11.3 Å². The molecule has 3 fully saturated rings. The highest BCUT2D eigenvalue weighted by atomic mass is 16.4. The van der Waals surface area contributed by atoms with Gasteiger partial charge in [0.15, 0.2) is 28.4 Å². The Morgan fingerprint density at radius 1 is 0.800 bits per heavy atom. The van der Waals surface area contributed by atoms with Crippen molar-refractivity contribution in [2.45, 2.75) is 67.1 Å². The molecule has 0 aromatic carbocycles. The van der Waals surface area contributed by atoms with E-state index >= 15 is 0 Å². The Hall–Kier alpha value is -1.84. The van der Waals surface area contributed by atoms with E-state index in [1.165, 1.54) is 0 Å². The van der Waals surface area contributed by atoms with Crippen molar-refractivity contribution in [2.75, 3.05) is 0 Å². The predicted octanol–water partition coefficient (Wildman–Crippen LogP) is -5.78. The minimum atomic E-state index is -3.32. The number of rotatable bonds is 3. The number of Topliss-reactive ketones (excluding diaryl/α,β-unsaturated/α-hetero) is 3. The number of hydrogen-bond donors (Lipinski definition) is 9. The van der Waals surface area contributed by atoms with Gasteiger partial charge in [0, 0.05) is 12.8 Å². The van der Waals surface area contributed by atoms with E-state index in [2.05, 4.69) is 0 Å². The molecule has 9 atom stereocenters. The zero-order valence-electron chi connectivity index (χ0n) is 15.3. The van der Waals surface area contributed by atoms with Gasteiger partial charge in [0.05, 0.1) is 30.7 Å². The summed E-state index contributed by atoms with van der Waals surface area (Å²) >= 11 is 0. The van der Waals surface area contributed by atoms with Gasteiger partial charge in [-0.05, 0) is 0 Å². The molecular weight excluding hydrogens is 412 g/mol. The molecule has 3 aliphatic carbocycles. The summed E-state index contributed by atoms with van der Waals surface area (Å²) in [5.41, 5.74) is -9.52. The van der Waals surface area contributed by atoms with Gasteiger partial charge < -0.3 is 46.0 Å². The number of ketones is 3. The average Bonchev–Trinajstić information content (AvgIpc) is 2.64. The molecule has 0 amide bonds. The van der Waals surface area contributed by atoms with Crippen molar-refractivity contribution >= 4 is 23.3 Å². The normalized spacial score (nSPS) is 48.3. The molecule has 3 aliphatic rings. The van der Waals surface area contributed by atoms with Crippen LogP contribution in [0.4, 0.5) is 0 Å². The van der Waals surface area contributed by atoms with Crippen LogP contribution in [0.3, 0.4) is 0 Å². The number of carbonyl (C=O) groups excluding carboxylic acids is 3. The lowest BCUT2D eigenvalue weighted by Crippen LogP contribution is -2.81. The molecule has 0 saturated heterocycles. The number of carbonyl (C=O) groups is 4. The van der Waals surface area contributed by atoms with Gasteiger partial charge in [-0.1, -0.05) is 0 Å². The summed E-state index contributed by atoms with van der Waals surface area (Å²) in [6.45, 7) is 0. The maximum absolute atomic E-state index is 13.3. The van der Waals surface area contributed by atoms with Gasteiger partial charge in [0.25, 0.3) is 0 Å². The lowest BCUT2D eigenvalue weighted by atomic mass is 9.46. The molecule has 0 bridgehead atoms. The Kier molecular flexibility index (Phi) is 5.20. The van der Waals surface area contributed by atoms with E-state index in [9.17, 15) is 65.1 Å². The van der Waals surface area contributed by atoms with Crippen molar-refractivity contribution in [3.63, 3.8) is 0 Å². The maximum Gasteiger partial charge on any atom is 0.336 e. The fourth-order valence-corrected chi connectivity index (χ4v) is 4.98. The van der Waals surface area contributed by atoms with E-state index in [-0.39, 0.29) is 0 Å². The second-order valence-corrected chi connectivity index (χ2v) is 8.22. The first-order chi connectivity index (χ1) is 13.7. The average molecular weight is 434 g/mol. The Bertz CT molecular complexity index is 795. The van der Waals surface area contributed by atoms with E-state index in [1.54, 1.807) is 0 Å². The lowest BCUT2D eigenvalue weighted by Gasteiger charge is -2.58. The Morgan fingerprint density at radius 2 is 1.30 bits per heavy atom. The van der Waals surface area contributed by atoms with Crippen LogP contribution in [0, 0.1) is 11.3 Å². The highest BCUT2D eigenvalue weighted by Crippen LogP contribution is 2.55. The van der Waals surface area contributed by atoms with Crippen LogP contribution in [0.5, 0.6) is 0 Å². The number of aliphatic hydroxyl groups excluding tert-OH is 6. The Labute approximate surface area is 167 Å². The summed E-state index contributed by atoms with van der Waals surface area (Å²) in [6.07, 6.45) is -16.4. The molecule has 0 aliphatic heterocycles. The number of carboxylic acid groups (broad SMARTS) is 1. The molecule has 3 rings (SSSR count). The first-order valence-corrected chi connectivity index (χ1v) is 9.05. The highest BCUT2D eigenvalue weighted by molar-refractivity contribution is 6.29. The quantitative estimate of drug-likeness (QED) is 0.188. The van der Waals surface area contributed by atoms with Crippen LogP contribution in [-0.2, 0) is 19.2 Å². The molecule has 5 unspecified atom stereocenters. The monoisotopic (exact) mass is 434 g/mol. The van der Waals surface area contributed by atoms with Gasteiger partial charge in [0.2, 0.25) is 0 Å². The summed E-state index contributed by atoms with van der Waals surface area (Å²) in [5.74, 6) is -8.85. The van der Waals surface area contributed by atoms with Gasteiger partial charge in [-0.25, -0.2) is 4.79 Å². The minimum Gasteiger partial charge on any atom is -0.479 e. The zero-order valence-corrected chi connectivity index (χ0v) is 15.3. The molecule has 30 heavy (non-hydrogen) atoms. The summed E-state index contributed by atoms with van der Waals surface area (Å²) in [6, 6.07) is 0. The molecule has 13 heteroatoms. The third-order valence-electron chi connectivity index (χ3n) is 6.70. The number of aliphatic carboxylic acids is 1. The summed E-state index contributed by atoms with van der Waals surface area (Å²) in [4.78, 5) is 49.7. The standard InChI is InChI=1S/C17H22O13/c18-4-2-15(29,14(27)28)8(11(24)9(4)22)12(25)16(30)3-5(19)10(23)13(26)17(16)6(20)1-7(17)21/h4-5,8-11,13,18-19,22-24,26,29-30H,1-3H2,(H,27,28)/t4-,5-,8?,9?,10?,11-,13+,15?,16?/m1/s1. The van der Waals surface area contributed by atoms with E-state index in [0.29, 0.717) is 0 Å². The molecule has 0 radical (unpaired) electrons. The molecular formula is C17H22O13. The molecule has 168 valence electrons. The van der Waals surface area contributed by atoms with Gasteiger partial charge in [0.1, 0.15) is 23.9 Å². The van der Waals surface area contributed by atoms with Crippen LogP contribution in [0.25, 0.3) is 0 Å². The molecule has 0 aromatic rings. The van der Waals surface area contributed by atoms with E-state index in [0.717, 1.165) is 0 Å². The van der Waals surface area contributed by atoms with Crippen molar-refractivity contribution in [3.8, 4) is 0 Å². The largest absolute Gasteiger partial charge is 0.479 e. The number of aliphatic hydroxyl groups is 8. The topological polar surface area (TPSA) is 250 Å². The van der Waals surface area contributed by atoms with Crippen LogP contribution in [0.1, 0.15) is 19.3 Å².